The largest absolute Gasteiger partial charge is 0.394 e. The minimum absolute atomic E-state index is 0.397. The van der Waals surface area contributed by atoms with E-state index >= 15 is 0 Å². The number of halogens is 3. The van der Waals surface area contributed by atoms with Gasteiger partial charge in [0.2, 0.25) is 0 Å². The third kappa shape index (κ3) is 2.34. The van der Waals surface area contributed by atoms with Gasteiger partial charge in [0.15, 0.2) is 0 Å². The van der Waals surface area contributed by atoms with E-state index in [1.54, 1.807) is 0 Å². The monoisotopic (exact) mass is 204 g/mol. The van der Waals surface area contributed by atoms with Gasteiger partial charge in [-0.2, -0.15) is 21.6 Å². The summed E-state index contributed by atoms with van der Waals surface area (Å²) in [5, 5.41) is 0. The Balaban J connectivity index is 2.58. The van der Waals surface area contributed by atoms with Crippen LogP contribution in [0.5, 0.6) is 0 Å². The highest BCUT2D eigenvalue weighted by molar-refractivity contribution is 7.86. The molecule has 0 bridgehead atoms. The maximum Gasteiger partial charge on any atom is 0.394 e. The van der Waals surface area contributed by atoms with Crippen molar-refractivity contribution in [2.24, 2.45) is 5.92 Å². The lowest BCUT2D eigenvalue weighted by atomic mass is 10.1. The molecule has 72 valence electrons. The van der Waals surface area contributed by atoms with Crippen LogP contribution in [0.25, 0.3) is 0 Å². The molecule has 0 aliphatic carbocycles. The van der Waals surface area contributed by atoms with Gasteiger partial charge in [-0.05, 0) is 6.42 Å². The quantitative estimate of drug-likeness (QED) is 0.551. The van der Waals surface area contributed by atoms with Gasteiger partial charge in [-0.25, -0.2) is 0 Å². The fourth-order valence-corrected chi connectivity index (χ4v) is 1.94. The maximum atomic E-state index is 11.9. The second kappa shape index (κ2) is 2.88. The van der Waals surface area contributed by atoms with E-state index in [1.807, 2.05) is 0 Å². The summed E-state index contributed by atoms with van der Waals surface area (Å²) in [5.41, 5.74) is 0. The summed E-state index contributed by atoms with van der Waals surface area (Å²) >= 11 is 0. The molecule has 0 aromatic rings. The van der Waals surface area contributed by atoms with Crippen molar-refractivity contribution in [3.8, 4) is 0 Å². The summed E-state index contributed by atoms with van der Waals surface area (Å²) in [7, 11) is -3.68. The van der Waals surface area contributed by atoms with E-state index in [0.717, 1.165) is 0 Å². The molecule has 0 N–H and O–H groups in total. The average molecular weight is 204 g/mol. The van der Waals surface area contributed by atoms with Gasteiger partial charge in [-0.3, -0.25) is 4.18 Å². The summed E-state index contributed by atoms with van der Waals surface area (Å²) in [6, 6.07) is 0. The Bertz CT molecular complexity index is 242. The van der Waals surface area contributed by atoms with Crippen LogP contribution in [0.2, 0.25) is 0 Å². The van der Waals surface area contributed by atoms with Gasteiger partial charge in [0.05, 0.1) is 18.3 Å². The lowest BCUT2D eigenvalue weighted by Crippen LogP contribution is -2.35. The highest BCUT2D eigenvalue weighted by Crippen LogP contribution is 2.32. The summed E-state index contributed by atoms with van der Waals surface area (Å²) in [4.78, 5) is 0. The molecular formula is C5H7F3O3S. The van der Waals surface area contributed by atoms with E-state index in [9.17, 15) is 21.6 Å². The van der Waals surface area contributed by atoms with Gasteiger partial charge >= 0.3 is 6.18 Å². The number of hydrogen-bond donors (Lipinski definition) is 0. The summed E-state index contributed by atoms with van der Waals surface area (Å²) in [6.45, 7) is -0.772. The van der Waals surface area contributed by atoms with Crippen molar-refractivity contribution in [2.75, 3.05) is 12.4 Å². The fraction of sp³-hybridized carbons (Fsp3) is 1.00. The van der Waals surface area contributed by atoms with Gasteiger partial charge < -0.3 is 0 Å². The molecule has 1 fully saturated rings. The fourth-order valence-electron chi connectivity index (χ4n) is 0.873. The lowest BCUT2D eigenvalue weighted by Gasteiger charge is -2.23. The number of alkyl halides is 3. The number of rotatable bonds is 0. The van der Waals surface area contributed by atoms with E-state index in [-0.39, 0.29) is 0 Å². The van der Waals surface area contributed by atoms with Crippen molar-refractivity contribution in [2.45, 2.75) is 12.6 Å². The van der Waals surface area contributed by atoms with Crippen molar-refractivity contribution in [1.29, 1.82) is 0 Å². The Morgan fingerprint density at radius 1 is 1.33 bits per heavy atom. The zero-order valence-electron chi connectivity index (χ0n) is 5.97. The van der Waals surface area contributed by atoms with Crippen LogP contribution in [-0.2, 0) is 14.3 Å². The Morgan fingerprint density at radius 3 is 2.25 bits per heavy atom. The molecule has 0 aromatic carbocycles. The molecule has 3 nitrogen and oxygen atoms in total. The van der Waals surface area contributed by atoms with Gasteiger partial charge in [0.25, 0.3) is 10.1 Å². The Hall–Kier alpha value is -0.300. The first-order chi connectivity index (χ1) is 5.31. The van der Waals surface area contributed by atoms with Crippen molar-refractivity contribution in [1.82, 2.24) is 0 Å². The smallest absolute Gasteiger partial charge is 0.269 e. The van der Waals surface area contributed by atoms with Crippen LogP contribution >= 0.6 is 0 Å². The van der Waals surface area contributed by atoms with E-state index < -0.39 is 41.0 Å². The zero-order valence-corrected chi connectivity index (χ0v) is 6.78. The average Bonchev–Trinajstić information content (AvgIpc) is 1.83. The minimum atomic E-state index is -4.35. The van der Waals surface area contributed by atoms with Gasteiger partial charge in [-0.15, -0.1) is 0 Å². The molecular weight excluding hydrogens is 197 g/mol. The van der Waals surface area contributed by atoms with Crippen LogP contribution in [0, 0.1) is 5.92 Å². The first kappa shape index (κ1) is 9.79. The second-order valence-corrected chi connectivity index (χ2v) is 4.33. The van der Waals surface area contributed by atoms with Crippen LogP contribution in [-0.4, -0.2) is 27.0 Å². The van der Waals surface area contributed by atoms with Gasteiger partial charge in [-0.1, -0.05) is 0 Å². The van der Waals surface area contributed by atoms with Crippen molar-refractivity contribution in [3.05, 3.63) is 0 Å². The van der Waals surface area contributed by atoms with Crippen molar-refractivity contribution < 1.29 is 25.8 Å². The predicted molar refractivity (Wildman–Crippen MR) is 33.9 cm³/mol. The van der Waals surface area contributed by atoms with E-state index in [1.165, 1.54) is 0 Å². The molecule has 0 amide bonds. The molecule has 12 heavy (non-hydrogen) atoms. The normalized spacial score (nSPS) is 30.1. The molecule has 1 heterocycles. The first-order valence-electron chi connectivity index (χ1n) is 3.25. The van der Waals surface area contributed by atoms with Crippen LogP contribution in [0.4, 0.5) is 13.2 Å². The first-order valence-corrected chi connectivity index (χ1v) is 4.83. The second-order valence-electron chi connectivity index (χ2n) is 2.57. The molecule has 1 unspecified atom stereocenters. The molecule has 1 saturated heterocycles. The standard InChI is InChI=1S/C5H7F3O3S/c6-5(7,8)4-1-2-12(9,10)11-3-4/h4H,1-3H2. The van der Waals surface area contributed by atoms with E-state index in [2.05, 4.69) is 4.18 Å². The summed E-state index contributed by atoms with van der Waals surface area (Å²) in [6.07, 6.45) is -4.75. The van der Waals surface area contributed by atoms with E-state index in [0.29, 0.717) is 0 Å². The molecule has 1 rings (SSSR count). The SMILES string of the molecule is O=S1(=O)CCC(C(F)(F)F)CO1. The number of hydrogen-bond acceptors (Lipinski definition) is 3. The topological polar surface area (TPSA) is 43.4 Å². The molecule has 1 aliphatic rings. The summed E-state index contributed by atoms with van der Waals surface area (Å²) in [5.74, 6) is -2.18. The lowest BCUT2D eigenvalue weighted by molar-refractivity contribution is -0.183. The highest BCUT2D eigenvalue weighted by Gasteiger charge is 2.43. The van der Waals surface area contributed by atoms with Crippen LogP contribution in [0.3, 0.4) is 0 Å². The molecule has 0 saturated carbocycles. The summed E-state index contributed by atoms with van der Waals surface area (Å²) < 4.78 is 60.9. The zero-order chi connectivity index (χ0) is 9.41. The van der Waals surface area contributed by atoms with Crippen LogP contribution < -0.4 is 0 Å². The van der Waals surface area contributed by atoms with Crippen molar-refractivity contribution >= 4 is 10.1 Å². The Kier molecular flexibility index (Phi) is 2.35. The third-order valence-electron chi connectivity index (χ3n) is 1.63. The highest BCUT2D eigenvalue weighted by atomic mass is 32.2. The third-order valence-corrected chi connectivity index (χ3v) is 2.86. The van der Waals surface area contributed by atoms with Gasteiger partial charge in [0.1, 0.15) is 0 Å². The minimum Gasteiger partial charge on any atom is -0.269 e. The predicted octanol–water partition coefficient (Wildman–Crippen LogP) is 0.915. The van der Waals surface area contributed by atoms with Crippen LogP contribution in [0.1, 0.15) is 6.42 Å². The van der Waals surface area contributed by atoms with E-state index in [4.69, 9.17) is 0 Å². The maximum absolute atomic E-state index is 11.9. The Morgan fingerprint density at radius 2 is 1.92 bits per heavy atom. The molecule has 0 aromatic heterocycles. The van der Waals surface area contributed by atoms with Crippen molar-refractivity contribution in [3.63, 3.8) is 0 Å². The molecule has 7 heteroatoms. The van der Waals surface area contributed by atoms with Crippen LogP contribution in [0.15, 0.2) is 0 Å². The molecule has 1 atom stereocenters. The molecule has 0 radical (unpaired) electrons. The molecule has 1 aliphatic heterocycles. The molecule has 0 spiro atoms. The Labute approximate surface area is 67.6 Å². The van der Waals surface area contributed by atoms with Gasteiger partial charge in [0, 0.05) is 0 Å².